The maximum Gasteiger partial charge on any atom is 0.214 e. The summed E-state index contributed by atoms with van der Waals surface area (Å²) in [5.74, 6) is 0.734. The molecule has 1 aromatic carbocycles. The Labute approximate surface area is 118 Å². The summed E-state index contributed by atoms with van der Waals surface area (Å²) in [7, 11) is 1.59. The number of nitrogens with two attached hydrogens (primary N) is 1. The van der Waals surface area contributed by atoms with Gasteiger partial charge < -0.3 is 15.4 Å². The van der Waals surface area contributed by atoms with E-state index in [4.69, 9.17) is 15.9 Å². The van der Waals surface area contributed by atoms with E-state index in [-0.39, 0.29) is 5.84 Å². The highest BCUT2D eigenvalue weighted by atomic mass is 16.5. The van der Waals surface area contributed by atoms with Crippen molar-refractivity contribution in [1.29, 1.82) is 5.41 Å². The first kappa shape index (κ1) is 13.9. The van der Waals surface area contributed by atoms with Gasteiger partial charge in [0.1, 0.15) is 0 Å². The van der Waals surface area contributed by atoms with Gasteiger partial charge in [0.15, 0.2) is 0 Å². The number of amidine groups is 1. The molecule has 104 valence electrons. The van der Waals surface area contributed by atoms with Crippen molar-refractivity contribution in [2.24, 2.45) is 5.73 Å². The van der Waals surface area contributed by atoms with Crippen molar-refractivity contribution in [3.05, 3.63) is 48.7 Å². The normalized spacial score (nSPS) is 10.1. The van der Waals surface area contributed by atoms with Crippen molar-refractivity contribution in [3.8, 4) is 5.88 Å². The zero-order valence-corrected chi connectivity index (χ0v) is 11.4. The molecule has 5 nitrogen and oxygen atoms in total. The van der Waals surface area contributed by atoms with Crippen molar-refractivity contribution in [2.75, 3.05) is 18.6 Å². The topological polar surface area (TPSA) is 75.2 Å². The van der Waals surface area contributed by atoms with Crippen LogP contribution in [0.15, 0.2) is 48.7 Å². The number of nitrogens with one attached hydrogen (secondary N) is 1. The number of hydrogen-bond donors (Lipinski definition) is 2. The van der Waals surface area contributed by atoms with E-state index < -0.39 is 0 Å². The maximum atomic E-state index is 7.41. The van der Waals surface area contributed by atoms with E-state index in [9.17, 15) is 0 Å². The van der Waals surface area contributed by atoms with Gasteiger partial charge in [0.25, 0.3) is 0 Å². The van der Waals surface area contributed by atoms with E-state index in [0.717, 1.165) is 11.4 Å². The van der Waals surface area contributed by atoms with Gasteiger partial charge >= 0.3 is 0 Å². The third-order valence-electron chi connectivity index (χ3n) is 2.91. The first-order chi connectivity index (χ1) is 9.70. The van der Waals surface area contributed by atoms with E-state index in [0.29, 0.717) is 18.8 Å². The van der Waals surface area contributed by atoms with Gasteiger partial charge in [0.2, 0.25) is 5.88 Å². The summed E-state index contributed by atoms with van der Waals surface area (Å²) in [5, 5.41) is 7.41. The first-order valence-electron chi connectivity index (χ1n) is 6.36. The molecular formula is C15H18N4O. The molecule has 0 bridgehead atoms. The summed E-state index contributed by atoms with van der Waals surface area (Å²) < 4.78 is 5.16. The molecule has 2 aromatic rings. The summed E-state index contributed by atoms with van der Waals surface area (Å²) in [6.45, 7) is 0.631. The Balaban J connectivity index is 2.32. The minimum atomic E-state index is 0.173. The molecule has 0 amide bonds. The van der Waals surface area contributed by atoms with Crippen molar-refractivity contribution >= 4 is 17.2 Å². The Morgan fingerprint density at radius 1 is 1.25 bits per heavy atom. The SMILES string of the molecule is COc1cc(N(CCC(=N)N)c2ccccc2)ccn1. The summed E-state index contributed by atoms with van der Waals surface area (Å²) in [4.78, 5) is 6.20. The molecule has 0 atom stereocenters. The minimum absolute atomic E-state index is 0.173. The van der Waals surface area contributed by atoms with E-state index in [1.165, 1.54) is 0 Å². The second-order valence-corrected chi connectivity index (χ2v) is 4.32. The first-order valence-corrected chi connectivity index (χ1v) is 6.36. The highest BCUT2D eigenvalue weighted by Gasteiger charge is 2.10. The molecule has 0 spiro atoms. The van der Waals surface area contributed by atoms with Crippen LogP contribution in [0.4, 0.5) is 11.4 Å². The van der Waals surface area contributed by atoms with Crippen LogP contribution in [0.2, 0.25) is 0 Å². The minimum Gasteiger partial charge on any atom is -0.481 e. The van der Waals surface area contributed by atoms with Crippen LogP contribution < -0.4 is 15.4 Å². The predicted molar refractivity (Wildman–Crippen MR) is 80.8 cm³/mol. The highest BCUT2D eigenvalue weighted by Crippen LogP contribution is 2.27. The van der Waals surface area contributed by atoms with Gasteiger partial charge in [-0.15, -0.1) is 0 Å². The van der Waals surface area contributed by atoms with Gasteiger partial charge in [-0.05, 0) is 18.2 Å². The fourth-order valence-corrected chi connectivity index (χ4v) is 1.93. The second kappa shape index (κ2) is 6.56. The van der Waals surface area contributed by atoms with E-state index in [1.54, 1.807) is 13.3 Å². The number of aromatic nitrogens is 1. The molecule has 0 radical (unpaired) electrons. The van der Waals surface area contributed by atoms with Gasteiger partial charge in [-0.2, -0.15) is 0 Å². The fourth-order valence-electron chi connectivity index (χ4n) is 1.93. The summed E-state index contributed by atoms with van der Waals surface area (Å²) in [6, 6.07) is 13.8. The third kappa shape index (κ3) is 3.47. The zero-order valence-electron chi connectivity index (χ0n) is 11.4. The molecule has 0 unspecified atom stereocenters. The number of nitrogens with zero attached hydrogens (tertiary/aromatic N) is 2. The number of rotatable bonds is 6. The van der Waals surface area contributed by atoms with Crippen LogP contribution in [-0.4, -0.2) is 24.5 Å². The molecular weight excluding hydrogens is 252 g/mol. The largest absolute Gasteiger partial charge is 0.481 e. The monoisotopic (exact) mass is 270 g/mol. The lowest BCUT2D eigenvalue weighted by Gasteiger charge is -2.25. The lowest BCUT2D eigenvalue weighted by atomic mass is 10.2. The summed E-state index contributed by atoms with van der Waals surface area (Å²) >= 11 is 0. The van der Waals surface area contributed by atoms with Gasteiger partial charge in [-0.1, -0.05) is 18.2 Å². The molecule has 1 aromatic heterocycles. The molecule has 0 fully saturated rings. The Kier molecular flexibility index (Phi) is 4.55. The van der Waals surface area contributed by atoms with E-state index in [1.807, 2.05) is 42.5 Å². The highest BCUT2D eigenvalue weighted by molar-refractivity contribution is 5.78. The molecule has 0 aliphatic carbocycles. The molecule has 2 rings (SSSR count). The molecule has 0 saturated carbocycles. The van der Waals surface area contributed by atoms with E-state index in [2.05, 4.69) is 9.88 Å². The number of benzene rings is 1. The van der Waals surface area contributed by atoms with E-state index >= 15 is 0 Å². The Hall–Kier alpha value is -2.56. The van der Waals surface area contributed by atoms with Crippen molar-refractivity contribution in [3.63, 3.8) is 0 Å². The maximum absolute atomic E-state index is 7.41. The van der Waals surface area contributed by atoms with Gasteiger partial charge in [-0.3, -0.25) is 5.41 Å². The van der Waals surface area contributed by atoms with Crippen molar-refractivity contribution < 1.29 is 4.74 Å². The molecule has 20 heavy (non-hydrogen) atoms. The van der Waals surface area contributed by atoms with Crippen LogP contribution >= 0.6 is 0 Å². The number of hydrogen-bond acceptors (Lipinski definition) is 4. The van der Waals surface area contributed by atoms with Gasteiger partial charge in [0, 0.05) is 36.6 Å². The van der Waals surface area contributed by atoms with Crippen LogP contribution in [0.25, 0.3) is 0 Å². The number of ether oxygens (including phenoxy) is 1. The van der Waals surface area contributed by atoms with Crippen LogP contribution in [-0.2, 0) is 0 Å². The van der Waals surface area contributed by atoms with Crippen LogP contribution in [0.1, 0.15) is 6.42 Å². The van der Waals surface area contributed by atoms with Gasteiger partial charge in [0.05, 0.1) is 12.9 Å². The quantitative estimate of drug-likeness (QED) is 0.625. The standard InChI is InChI=1S/C15H18N4O/c1-20-15-11-13(7-9-18-15)19(10-8-14(16)17)12-5-3-2-4-6-12/h2-7,9,11H,8,10H2,1H3,(H3,16,17). The molecule has 0 saturated heterocycles. The average molecular weight is 270 g/mol. The second-order valence-electron chi connectivity index (χ2n) is 4.32. The van der Waals surface area contributed by atoms with Gasteiger partial charge in [-0.25, -0.2) is 4.98 Å². The van der Waals surface area contributed by atoms with Crippen LogP contribution in [0.5, 0.6) is 5.88 Å². The number of pyridine rings is 1. The third-order valence-corrected chi connectivity index (χ3v) is 2.91. The molecule has 1 heterocycles. The molecule has 3 N–H and O–H groups in total. The average Bonchev–Trinajstić information content (AvgIpc) is 2.48. The number of anilines is 2. The van der Waals surface area contributed by atoms with Crippen LogP contribution in [0.3, 0.4) is 0 Å². The Bertz CT molecular complexity index is 571. The van der Waals surface area contributed by atoms with Crippen LogP contribution in [0, 0.1) is 5.41 Å². The van der Waals surface area contributed by atoms with Crippen molar-refractivity contribution in [2.45, 2.75) is 6.42 Å². The number of methoxy groups -OCH3 is 1. The Morgan fingerprint density at radius 2 is 2.00 bits per heavy atom. The lowest BCUT2D eigenvalue weighted by Crippen LogP contribution is -2.23. The fraction of sp³-hybridized carbons (Fsp3) is 0.200. The van der Waals surface area contributed by atoms with Crippen molar-refractivity contribution in [1.82, 2.24) is 4.98 Å². The molecule has 5 heteroatoms. The lowest BCUT2D eigenvalue weighted by molar-refractivity contribution is 0.398. The summed E-state index contributed by atoms with van der Waals surface area (Å²) in [5.41, 5.74) is 7.48. The predicted octanol–water partition coefficient (Wildman–Crippen LogP) is 2.55. The zero-order chi connectivity index (χ0) is 14.4. The summed E-state index contributed by atoms with van der Waals surface area (Å²) in [6.07, 6.45) is 2.21. The smallest absolute Gasteiger partial charge is 0.214 e. The molecule has 0 aliphatic rings. The number of para-hydroxylation sites is 1. The Morgan fingerprint density at radius 3 is 2.65 bits per heavy atom. The molecule has 0 aliphatic heterocycles.